The standard InChI is InChI=1S/C23H25NO3/c1-2-27-22-13-9-19(10-14-22)6-5-18-7-11-21(12-8-18)23(26)24-15-3-4-20(16-24)17-25/h7-14,20,25H,2-4,15-17H2,1H3. The van der Waals surface area contributed by atoms with Crippen molar-refractivity contribution in [3.05, 3.63) is 65.2 Å². The minimum absolute atomic E-state index is 0.0270. The lowest BCUT2D eigenvalue weighted by Gasteiger charge is -2.31. The van der Waals surface area contributed by atoms with Crippen LogP contribution in [0.25, 0.3) is 0 Å². The number of ether oxygens (including phenoxy) is 1. The van der Waals surface area contributed by atoms with Gasteiger partial charge in [0.05, 0.1) is 6.61 Å². The number of benzene rings is 2. The van der Waals surface area contributed by atoms with Crippen LogP contribution in [0, 0.1) is 17.8 Å². The third-order valence-electron chi connectivity index (χ3n) is 4.71. The van der Waals surface area contributed by atoms with E-state index >= 15 is 0 Å². The molecule has 2 aromatic rings. The first-order valence-electron chi connectivity index (χ1n) is 9.44. The highest BCUT2D eigenvalue weighted by Gasteiger charge is 2.23. The third-order valence-corrected chi connectivity index (χ3v) is 4.71. The Balaban J connectivity index is 1.64. The zero-order chi connectivity index (χ0) is 19.1. The predicted octanol–water partition coefficient (Wildman–Crippen LogP) is 3.33. The van der Waals surface area contributed by atoms with E-state index in [0.29, 0.717) is 18.7 Å². The van der Waals surface area contributed by atoms with E-state index in [9.17, 15) is 9.90 Å². The molecule has 1 atom stereocenters. The Bertz CT molecular complexity index is 815. The van der Waals surface area contributed by atoms with E-state index in [0.717, 1.165) is 36.3 Å². The molecule has 0 radical (unpaired) electrons. The minimum Gasteiger partial charge on any atom is -0.494 e. The fourth-order valence-electron chi connectivity index (χ4n) is 3.22. The maximum atomic E-state index is 12.6. The number of rotatable bonds is 4. The summed E-state index contributed by atoms with van der Waals surface area (Å²) < 4.78 is 5.42. The van der Waals surface area contributed by atoms with Crippen molar-refractivity contribution < 1.29 is 14.6 Å². The highest BCUT2D eigenvalue weighted by Crippen LogP contribution is 2.18. The zero-order valence-corrected chi connectivity index (χ0v) is 15.6. The summed E-state index contributed by atoms with van der Waals surface area (Å²) in [6.45, 7) is 4.14. The number of aliphatic hydroxyl groups is 1. The van der Waals surface area contributed by atoms with Crippen molar-refractivity contribution in [3.63, 3.8) is 0 Å². The van der Waals surface area contributed by atoms with E-state index < -0.39 is 0 Å². The average Bonchev–Trinajstić information content (AvgIpc) is 2.73. The lowest BCUT2D eigenvalue weighted by atomic mass is 9.98. The maximum Gasteiger partial charge on any atom is 0.253 e. The molecule has 1 heterocycles. The molecule has 1 aliphatic heterocycles. The number of nitrogens with zero attached hydrogens (tertiary/aromatic N) is 1. The normalized spacial score (nSPS) is 16.4. The van der Waals surface area contributed by atoms with Gasteiger partial charge < -0.3 is 14.7 Å². The largest absolute Gasteiger partial charge is 0.494 e. The summed E-state index contributed by atoms with van der Waals surface area (Å²) in [5, 5.41) is 9.33. The van der Waals surface area contributed by atoms with Crippen LogP contribution in [0.4, 0.5) is 0 Å². The molecule has 1 saturated heterocycles. The molecule has 27 heavy (non-hydrogen) atoms. The van der Waals surface area contributed by atoms with E-state index in [1.165, 1.54) is 0 Å². The second kappa shape index (κ2) is 9.25. The molecule has 0 bridgehead atoms. The summed E-state index contributed by atoms with van der Waals surface area (Å²) in [5.41, 5.74) is 2.45. The molecule has 1 aliphatic rings. The van der Waals surface area contributed by atoms with Gasteiger partial charge in [0, 0.05) is 36.4 Å². The van der Waals surface area contributed by atoms with Gasteiger partial charge >= 0.3 is 0 Å². The van der Waals surface area contributed by atoms with E-state index in [2.05, 4.69) is 11.8 Å². The topological polar surface area (TPSA) is 49.8 Å². The Hall–Kier alpha value is -2.77. The summed E-state index contributed by atoms with van der Waals surface area (Å²) in [4.78, 5) is 14.5. The molecule has 1 fully saturated rings. The third kappa shape index (κ3) is 5.12. The first-order chi connectivity index (χ1) is 13.2. The van der Waals surface area contributed by atoms with Crippen LogP contribution in [0.15, 0.2) is 48.5 Å². The van der Waals surface area contributed by atoms with Crippen LogP contribution in [0.3, 0.4) is 0 Å². The molecular formula is C23H25NO3. The van der Waals surface area contributed by atoms with Crippen molar-refractivity contribution in [1.82, 2.24) is 4.90 Å². The number of hydrogen-bond acceptors (Lipinski definition) is 3. The summed E-state index contributed by atoms with van der Waals surface area (Å²) in [6, 6.07) is 15.1. The SMILES string of the molecule is CCOc1ccc(C#Cc2ccc(C(=O)N3CCCC(CO)C3)cc2)cc1. The molecule has 2 aromatic carbocycles. The van der Waals surface area contributed by atoms with Crippen LogP contribution < -0.4 is 4.74 Å². The fourth-order valence-corrected chi connectivity index (χ4v) is 3.22. The van der Waals surface area contributed by atoms with E-state index in [4.69, 9.17) is 4.74 Å². The molecule has 140 valence electrons. The summed E-state index contributed by atoms with van der Waals surface area (Å²) >= 11 is 0. The second-order valence-corrected chi connectivity index (χ2v) is 6.73. The van der Waals surface area contributed by atoms with Crippen molar-refractivity contribution in [1.29, 1.82) is 0 Å². The number of piperidine rings is 1. The van der Waals surface area contributed by atoms with Crippen LogP contribution in [0.2, 0.25) is 0 Å². The van der Waals surface area contributed by atoms with Gasteiger partial charge in [0.2, 0.25) is 0 Å². The quantitative estimate of drug-likeness (QED) is 0.848. The van der Waals surface area contributed by atoms with Crippen molar-refractivity contribution >= 4 is 5.91 Å². The average molecular weight is 363 g/mol. The smallest absolute Gasteiger partial charge is 0.253 e. The van der Waals surface area contributed by atoms with Gasteiger partial charge in [-0.05, 0) is 74.2 Å². The molecule has 0 aromatic heterocycles. The van der Waals surface area contributed by atoms with Gasteiger partial charge in [-0.1, -0.05) is 11.8 Å². The van der Waals surface area contributed by atoms with Gasteiger partial charge in [0.1, 0.15) is 5.75 Å². The Kier molecular flexibility index (Phi) is 6.51. The number of hydrogen-bond donors (Lipinski definition) is 1. The molecule has 0 spiro atoms. The van der Waals surface area contributed by atoms with Crippen LogP contribution in [-0.2, 0) is 0 Å². The number of aliphatic hydroxyl groups excluding tert-OH is 1. The fraction of sp³-hybridized carbons (Fsp3) is 0.348. The van der Waals surface area contributed by atoms with Gasteiger partial charge in [-0.25, -0.2) is 0 Å². The zero-order valence-electron chi connectivity index (χ0n) is 15.6. The van der Waals surface area contributed by atoms with E-state index in [-0.39, 0.29) is 18.4 Å². The summed E-state index contributed by atoms with van der Waals surface area (Å²) in [6.07, 6.45) is 1.93. The van der Waals surface area contributed by atoms with Crippen LogP contribution in [0.1, 0.15) is 41.3 Å². The minimum atomic E-state index is 0.0270. The van der Waals surface area contributed by atoms with E-state index in [1.807, 2.05) is 60.4 Å². The van der Waals surface area contributed by atoms with E-state index in [1.54, 1.807) is 0 Å². The summed E-state index contributed by atoms with van der Waals surface area (Å²) in [7, 11) is 0. The number of carbonyl (C=O) groups excluding carboxylic acids is 1. The Morgan fingerprint density at radius 2 is 1.74 bits per heavy atom. The molecular weight excluding hydrogens is 338 g/mol. The highest BCUT2D eigenvalue weighted by molar-refractivity contribution is 5.94. The number of carbonyl (C=O) groups is 1. The molecule has 0 saturated carbocycles. The van der Waals surface area contributed by atoms with Gasteiger partial charge in [0.25, 0.3) is 5.91 Å². The van der Waals surface area contributed by atoms with Crippen molar-refractivity contribution in [2.45, 2.75) is 19.8 Å². The number of amides is 1. The summed E-state index contributed by atoms with van der Waals surface area (Å²) in [5.74, 6) is 7.32. The highest BCUT2D eigenvalue weighted by atomic mass is 16.5. The lowest BCUT2D eigenvalue weighted by molar-refractivity contribution is 0.0620. The van der Waals surface area contributed by atoms with Gasteiger partial charge in [-0.3, -0.25) is 4.79 Å². The molecule has 1 amide bonds. The lowest BCUT2D eigenvalue weighted by Crippen LogP contribution is -2.40. The first-order valence-corrected chi connectivity index (χ1v) is 9.44. The predicted molar refractivity (Wildman–Crippen MR) is 106 cm³/mol. The molecule has 4 heteroatoms. The van der Waals surface area contributed by atoms with Crippen molar-refractivity contribution in [2.75, 3.05) is 26.3 Å². The van der Waals surface area contributed by atoms with Crippen LogP contribution in [0.5, 0.6) is 5.75 Å². The monoisotopic (exact) mass is 363 g/mol. The Labute approximate surface area is 160 Å². The van der Waals surface area contributed by atoms with Crippen LogP contribution in [-0.4, -0.2) is 42.2 Å². The van der Waals surface area contributed by atoms with Gasteiger partial charge in [-0.15, -0.1) is 0 Å². The van der Waals surface area contributed by atoms with Gasteiger partial charge in [-0.2, -0.15) is 0 Å². The maximum absolute atomic E-state index is 12.6. The Morgan fingerprint density at radius 1 is 1.11 bits per heavy atom. The molecule has 0 aliphatic carbocycles. The molecule has 4 nitrogen and oxygen atoms in total. The van der Waals surface area contributed by atoms with Crippen molar-refractivity contribution in [3.8, 4) is 17.6 Å². The van der Waals surface area contributed by atoms with Crippen LogP contribution >= 0.6 is 0 Å². The molecule has 1 unspecified atom stereocenters. The Morgan fingerprint density at radius 3 is 2.33 bits per heavy atom. The molecule has 1 N–H and O–H groups in total. The molecule has 3 rings (SSSR count). The van der Waals surface area contributed by atoms with Gasteiger partial charge in [0.15, 0.2) is 0 Å². The number of likely N-dealkylation sites (tertiary alicyclic amines) is 1. The first kappa shape index (κ1) is 19.0. The van der Waals surface area contributed by atoms with Crippen molar-refractivity contribution in [2.24, 2.45) is 5.92 Å². The second-order valence-electron chi connectivity index (χ2n) is 6.73.